The van der Waals surface area contributed by atoms with Crippen LogP contribution in [0.4, 0.5) is 4.39 Å². The molecule has 3 heteroatoms. The van der Waals surface area contributed by atoms with Gasteiger partial charge >= 0.3 is 0 Å². The molecular weight excluding hydrogens is 205 g/mol. The van der Waals surface area contributed by atoms with E-state index < -0.39 is 0 Å². The number of methoxy groups -OCH3 is 1. The molecule has 0 aliphatic heterocycles. The molecule has 1 N–H and O–H groups in total. The van der Waals surface area contributed by atoms with E-state index in [0.29, 0.717) is 5.56 Å². The third kappa shape index (κ3) is 3.29. The molecule has 0 radical (unpaired) electrons. The highest BCUT2D eigenvalue weighted by Crippen LogP contribution is 2.17. The van der Waals surface area contributed by atoms with Gasteiger partial charge in [0.15, 0.2) is 0 Å². The molecule has 3 atom stereocenters. The molecule has 1 aromatic carbocycles. The van der Waals surface area contributed by atoms with Crippen LogP contribution >= 0.6 is 0 Å². The van der Waals surface area contributed by atoms with Crippen molar-refractivity contribution in [3.05, 3.63) is 35.6 Å². The van der Waals surface area contributed by atoms with Gasteiger partial charge in [-0.1, -0.05) is 18.2 Å². The molecule has 0 spiro atoms. The van der Waals surface area contributed by atoms with Crippen LogP contribution in [-0.4, -0.2) is 19.3 Å². The van der Waals surface area contributed by atoms with Crippen molar-refractivity contribution >= 4 is 0 Å². The van der Waals surface area contributed by atoms with E-state index >= 15 is 0 Å². The Hall–Kier alpha value is -0.930. The summed E-state index contributed by atoms with van der Waals surface area (Å²) in [6.45, 7) is 5.98. The molecule has 0 amide bonds. The highest BCUT2D eigenvalue weighted by atomic mass is 19.1. The zero-order valence-corrected chi connectivity index (χ0v) is 10.3. The Kier molecular flexibility index (Phi) is 4.90. The van der Waals surface area contributed by atoms with Gasteiger partial charge in [-0.15, -0.1) is 0 Å². The van der Waals surface area contributed by atoms with E-state index in [1.807, 2.05) is 26.8 Å². The molecule has 0 aromatic heterocycles. The lowest BCUT2D eigenvalue weighted by Crippen LogP contribution is -2.38. The van der Waals surface area contributed by atoms with Gasteiger partial charge in [0.05, 0.1) is 6.10 Å². The molecule has 0 aliphatic carbocycles. The van der Waals surface area contributed by atoms with Gasteiger partial charge in [-0.2, -0.15) is 0 Å². The number of hydrogen-bond donors (Lipinski definition) is 1. The van der Waals surface area contributed by atoms with E-state index in [4.69, 9.17) is 4.74 Å². The monoisotopic (exact) mass is 225 g/mol. The predicted molar refractivity (Wildman–Crippen MR) is 63.9 cm³/mol. The highest BCUT2D eigenvalue weighted by molar-refractivity contribution is 5.20. The van der Waals surface area contributed by atoms with Gasteiger partial charge in [-0.25, -0.2) is 4.39 Å². The summed E-state index contributed by atoms with van der Waals surface area (Å²) in [7, 11) is 1.68. The smallest absolute Gasteiger partial charge is 0.127 e. The zero-order valence-electron chi connectivity index (χ0n) is 10.3. The summed E-state index contributed by atoms with van der Waals surface area (Å²) in [5.74, 6) is -0.167. The molecule has 3 unspecified atom stereocenters. The number of nitrogens with one attached hydrogen (secondary N) is 1. The molecular formula is C13H20FNO. The molecule has 16 heavy (non-hydrogen) atoms. The van der Waals surface area contributed by atoms with Crippen molar-refractivity contribution in [2.75, 3.05) is 7.11 Å². The van der Waals surface area contributed by atoms with Crippen LogP contribution in [0.3, 0.4) is 0 Å². The third-order valence-electron chi connectivity index (χ3n) is 2.96. The summed E-state index contributed by atoms with van der Waals surface area (Å²) in [5.41, 5.74) is 0.692. The second-order valence-electron chi connectivity index (χ2n) is 4.14. The van der Waals surface area contributed by atoms with Crippen molar-refractivity contribution in [3.8, 4) is 0 Å². The Labute approximate surface area is 96.8 Å². The summed E-state index contributed by atoms with van der Waals surface area (Å²) in [5, 5.41) is 3.32. The lowest BCUT2D eigenvalue weighted by atomic mass is 10.1. The molecule has 1 aromatic rings. The normalized spacial score (nSPS) is 16.8. The van der Waals surface area contributed by atoms with Crippen LogP contribution in [0, 0.1) is 5.82 Å². The Balaban J connectivity index is 2.65. The Bertz CT molecular complexity index is 329. The number of benzene rings is 1. The van der Waals surface area contributed by atoms with Crippen LogP contribution in [0.1, 0.15) is 32.4 Å². The first-order valence-corrected chi connectivity index (χ1v) is 5.59. The highest BCUT2D eigenvalue weighted by Gasteiger charge is 2.16. The molecule has 0 saturated carbocycles. The molecule has 1 rings (SSSR count). The molecule has 0 aliphatic rings. The second kappa shape index (κ2) is 5.97. The first-order chi connectivity index (χ1) is 7.56. The van der Waals surface area contributed by atoms with Crippen molar-refractivity contribution in [1.29, 1.82) is 0 Å². The standard InChI is InChI=1S/C13H20FNO/c1-9(11(3)16-4)15-10(2)12-7-5-6-8-13(12)14/h5-11,15H,1-4H3. The maximum Gasteiger partial charge on any atom is 0.127 e. The topological polar surface area (TPSA) is 21.3 Å². The summed E-state index contributed by atoms with van der Waals surface area (Å²) < 4.78 is 18.7. The molecule has 0 heterocycles. The lowest BCUT2D eigenvalue weighted by molar-refractivity contribution is 0.0850. The maximum atomic E-state index is 13.5. The van der Waals surface area contributed by atoms with Crippen molar-refractivity contribution in [2.24, 2.45) is 0 Å². The maximum absolute atomic E-state index is 13.5. The second-order valence-corrected chi connectivity index (χ2v) is 4.14. The first-order valence-electron chi connectivity index (χ1n) is 5.59. The number of ether oxygens (including phenoxy) is 1. The number of halogens is 1. The summed E-state index contributed by atoms with van der Waals surface area (Å²) >= 11 is 0. The minimum Gasteiger partial charge on any atom is -0.380 e. The zero-order chi connectivity index (χ0) is 12.1. The molecule has 0 saturated heterocycles. The summed E-state index contributed by atoms with van der Waals surface area (Å²) in [6, 6.07) is 7.00. The Morgan fingerprint density at radius 3 is 2.38 bits per heavy atom. The van der Waals surface area contributed by atoms with Gasteiger partial charge < -0.3 is 10.1 Å². The van der Waals surface area contributed by atoms with Crippen molar-refractivity contribution in [1.82, 2.24) is 5.32 Å². The van der Waals surface area contributed by atoms with Crippen LogP contribution in [0.25, 0.3) is 0 Å². The van der Waals surface area contributed by atoms with Gasteiger partial charge in [0.2, 0.25) is 0 Å². The van der Waals surface area contributed by atoms with Crippen LogP contribution in [-0.2, 0) is 4.74 Å². The number of rotatable bonds is 5. The quantitative estimate of drug-likeness (QED) is 0.832. The predicted octanol–water partition coefficient (Wildman–Crippen LogP) is 2.90. The molecule has 90 valence electrons. The van der Waals surface area contributed by atoms with Gasteiger partial charge in [0, 0.05) is 24.8 Å². The lowest BCUT2D eigenvalue weighted by Gasteiger charge is -2.24. The van der Waals surface area contributed by atoms with Crippen LogP contribution in [0.15, 0.2) is 24.3 Å². The van der Waals surface area contributed by atoms with Gasteiger partial charge in [0.1, 0.15) is 5.82 Å². The van der Waals surface area contributed by atoms with Crippen molar-refractivity contribution in [2.45, 2.75) is 39.0 Å². The van der Waals surface area contributed by atoms with Crippen molar-refractivity contribution in [3.63, 3.8) is 0 Å². The minimum atomic E-state index is -0.167. The average Bonchev–Trinajstić information content (AvgIpc) is 2.28. The van der Waals surface area contributed by atoms with E-state index in [-0.39, 0.29) is 24.0 Å². The fraction of sp³-hybridized carbons (Fsp3) is 0.538. The van der Waals surface area contributed by atoms with E-state index in [1.165, 1.54) is 6.07 Å². The molecule has 0 fully saturated rings. The van der Waals surface area contributed by atoms with Crippen LogP contribution in [0.5, 0.6) is 0 Å². The SMILES string of the molecule is COC(C)C(C)NC(C)c1ccccc1F. The van der Waals surface area contributed by atoms with E-state index in [1.54, 1.807) is 19.2 Å². The van der Waals surface area contributed by atoms with Crippen molar-refractivity contribution < 1.29 is 9.13 Å². The summed E-state index contributed by atoms with van der Waals surface area (Å²) in [6.07, 6.45) is 0.106. The van der Waals surface area contributed by atoms with E-state index in [2.05, 4.69) is 5.32 Å². The molecule has 2 nitrogen and oxygen atoms in total. The minimum absolute atomic E-state index is 0.0196. The van der Waals surface area contributed by atoms with E-state index in [9.17, 15) is 4.39 Å². The van der Waals surface area contributed by atoms with Crippen LogP contribution in [0.2, 0.25) is 0 Å². The number of hydrogen-bond acceptors (Lipinski definition) is 2. The Morgan fingerprint density at radius 1 is 1.19 bits per heavy atom. The van der Waals surface area contributed by atoms with Gasteiger partial charge in [-0.3, -0.25) is 0 Å². The van der Waals surface area contributed by atoms with Gasteiger partial charge in [-0.05, 0) is 26.8 Å². The van der Waals surface area contributed by atoms with E-state index in [0.717, 1.165) is 0 Å². The average molecular weight is 225 g/mol. The summed E-state index contributed by atoms with van der Waals surface area (Å²) in [4.78, 5) is 0. The largest absolute Gasteiger partial charge is 0.380 e. The van der Waals surface area contributed by atoms with Crippen LogP contribution < -0.4 is 5.32 Å². The van der Waals surface area contributed by atoms with Gasteiger partial charge in [0.25, 0.3) is 0 Å². The first kappa shape index (κ1) is 13.1. The third-order valence-corrected chi connectivity index (χ3v) is 2.96. The fourth-order valence-corrected chi connectivity index (χ4v) is 1.65. The Morgan fingerprint density at radius 2 is 1.81 bits per heavy atom. The fourth-order valence-electron chi connectivity index (χ4n) is 1.65. The molecule has 0 bridgehead atoms.